The van der Waals surface area contributed by atoms with Gasteiger partial charge >= 0.3 is 0 Å². The second-order valence-electron chi connectivity index (χ2n) is 10.0. The normalized spacial score (nSPS) is 16.3. The lowest BCUT2D eigenvalue weighted by Crippen LogP contribution is -2.41. The van der Waals surface area contributed by atoms with Gasteiger partial charge in [0, 0.05) is 69.8 Å². The van der Waals surface area contributed by atoms with Crippen LogP contribution >= 0.6 is 0 Å². The van der Waals surface area contributed by atoms with Gasteiger partial charge < -0.3 is 19.5 Å². The zero-order valence-corrected chi connectivity index (χ0v) is 21.0. The van der Waals surface area contributed by atoms with Crippen LogP contribution in [0.2, 0.25) is 0 Å². The minimum Gasteiger partial charge on any atom is -0.393 e. The second kappa shape index (κ2) is 10.7. The molecule has 0 spiro atoms. The monoisotopic (exact) mass is 489 g/mol. The molecule has 0 bridgehead atoms. The molecule has 1 fully saturated rings. The molecule has 1 saturated heterocycles. The van der Waals surface area contributed by atoms with E-state index < -0.39 is 0 Å². The molecule has 4 heterocycles. The van der Waals surface area contributed by atoms with Crippen molar-refractivity contribution in [2.45, 2.75) is 57.7 Å². The van der Waals surface area contributed by atoms with Crippen molar-refractivity contribution >= 4 is 11.8 Å². The fourth-order valence-electron chi connectivity index (χ4n) is 5.31. The number of likely N-dealkylation sites (tertiary alicyclic amines) is 1. The summed E-state index contributed by atoms with van der Waals surface area (Å²) in [5.74, 6) is -0.0134. The highest BCUT2D eigenvalue weighted by Gasteiger charge is 2.33. The molecule has 2 amide bonds. The maximum absolute atomic E-state index is 13.5. The lowest BCUT2D eigenvalue weighted by Gasteiger charge is -2.30. The van der Waals surface area contributed by atoms with Crippen molar-refractivity contribution in [3.63, 3.8) is 0 Å². The molecule has 0 atom stereocenters. The van der Waals surface area contributed by atoms with E-state index in [1.165, 1.54) is 5.56 Å². The summed E-state index contributed by atoms with van der Waals surface area (Å²) in [4.78, 5) is 30.3. The van der Waals surface area contributed by atoms with Gasteiger partial charge in [-0.2, -0.15) is 5.10 Å². The smallest absolute Gasteiger partial charge is 0.274 e. The molecule has 2 aromatic heterocycles. The van der Waals surface area contributed by atoms with E-state index in [9.17, 15) is 14.7 Å². The van der Waals surface area contributed by atoms with Gasteiger partial charge in [0.15, 0.2) is 5.69 Å². The summed E-state index contributed by atoms with van der Waals surface area (Å²) in [5, 5.41) is 14.7. The summed E-state index contributed by atoms with van der Waals surface area (Å²) in [6.07, 6.45) is 7.68. The molecule has 5 rings (SSSR count). The van der Waals surface area contributed by atoms with E-state index in [1.807, 2.05) is 45.7 Å². The van der Waals surface area contributed by atoms with E-state index >= 15 is 0 Å². The minimum absolute atomic E-state index is 0.0724. The maximum Gasteiger partial charge on any atom is 0.274 e. The largest absolute Gasteiger partial charge is 0.393 e. The van der Waals surface area contributed by atoms with Gasteiger partial charge in [-0.05, 0) is 42.9 Å². The van der Waals surface area contributed by atoms with Crippen LogP contribution in [0.5, 0.6) is 0 Å². The van der Waals surface area contributed by atoms with Crippen molar-refractivity contribution in [3.05, 3.63) is 76.9 Å². The predicted molar refractivity (Wildman–Crippen MR) is 136 cm³/mol. The van der Waals surface area contributed by atoms with Crippen LogP contribution in [0.3, 0.4) is 0 Å². The molecule has 8 nitrogen and oxygen atoms in total. The van der Waals surface area contributed by atoms with Crippen LogP contribution in [0.15, 0.2) is 48.8 Å². The SMILES string of the molecule is Cn1ccc(CC(=O)N2CCc3c(c(C(=O)N4CCC(O)CC4)nn3CCCc3ccccc3)C2)c1. The highest BCUT2D eigenvalue weighted by Crippen LogP contribution is 2.26. The molecule has 0 radical (unpaired) electrons. The van der Waals surface area contributed by atoms with Crippen molar-refractivity contribution in [2.24, 2.45) is 7.05 Å². The first-order chi connectivity index (χ1) is 17.5. The summed E-state index contributed by atoms with van der Waals surface area (Å²) in [6, 6.07) is 12.4. The van der Waals surface area contributed by atoms with Gasteiger partial charge in [-0.25, -0.2) is 0 Å². The van der Waals surface area contributed by atoms with Gasteiger partial charge in [0.25, 0.3) is 5.91 Å². The summed E-state index contributed by atoms with van der Waals surface area (Å²) in [5.41, 5.74) is 4.72. The summed E-state index contributed by atoms with van der Waals surface area (Å²) in [7, 11) is 1.95. The average molecular weight is 490 g/mol. The highest BCUT2D eigenvalue weighted by molar-refractivity contribution is 5.94. The van der Waals surface area contributed by atoms with Crippen LogP contribution in [-0.2, 0) is 44.2 Å². The Hall–Kier alpha value is -3.39. The van der Waals surface area contributed by atoms with Crippen LogP contribution in [0.4, 0.5) is 0 Å². The average Bonchev–Trinajstić information content (AvgIpc) is 3.47. The molecule has 36 heavy (non-hydrogen) atoms. The Morgan fingerprint density at radius 2 is 1.81 bits per heavy atom. The molecule has 0 unspecified atom stereocenters. The second-order valence-corrected chi connectivity index (χ2v) is 10.0. The number of hydrogen-bond donors (Lipinski definition) is 1. The number of aryl methyl sites for hydroxylation is 3. The maximum atomic E-state index is 13.5. The Labute approximate surface area is 212 Å². The van der Waals surface area contributed by atoms with E-state index in [2.05, 4.69) is 24.3 Å². The van der Waals surface area contributed by atoms with Crippen molar-refractivity contribution in [2.75, 3.05) is 19.6 Å². The topological polar surface area (TPSA) is 83.6 Å². The number of fused-ring (bicyclic) bond motifs is 1. The number of amides is 2. The van der Waals surface area contributed by atoms with Gasteiger partial charge in [-0.3, -0.25) is 14.3 Å². The predicted octanol–water partition coefficient (Wildman–Crippen LogP) is 2.58. The Bertz CT molecular complexity index is 1210. The number of hydrogen-bond acceptors (Lipinski definition) is 4. The molecule has 0 aliphatic carbocycles. The number of carbonyl (C=O) groups excluding carboxylic acids is 2. The fraction of sp³-hybridized carbons (Fsp3) is 0.464. The van der Waals surface area contributed by atoms with Crippen molar-refractivity contribution in [3.8, 4) is 0 Å². The first-order valence-electron chi connectivity index (χ1n) is 13.0. The zero-order chi connectivity index (χ0) is 25.1. The van der Waals surface area contributed by atoms with E-state index in [0.29, 0.717) is 57.6 Å². The third kappa shape index (κ3) is 5.38. The Morgan fingerprint density at radius 1 is 1.03 bits per heavy atom. The quantitative estimate of drug-likeness (QED) is 0.553. The lowest BCUT2D eigenvalue weighted by atomic mass is 10.0. The van der Waals surface area contributed by atoms with Gasteiger partial charge in [-0.15, -0.1) is 0 Å². The van der Waals surface area contributed by atoms with Crippen LogP contribution < -0.4 is 0 Å². The molecular formula is C28H35N5O3. The number of benzene rings is 1. The molecule has 1 aromatic carbocycles. The molecule has 190 valence electrons. The first kappa shape index (κ1) is 24.3. The molecule has 0 saturated carbocycles. The van der Waals surface area contributed by atoms with E-state index in [0.717, 1.165) is 36.2 Å². The third-order valence-corrected chi connectivity index (χ3v) is 7.37. The summed E-state index contributed by atoms with van der Waals surface area (Å²) < 4.78 is 3.95. The molecule has 3 aromatic rings. The van der Waals surface area contributed by atoms with Gasteiger partial charge in [0.05, 0.1) is 12.5 Å². The number of piperidine rings is 1. The van der Waals surface area contributed by atoms with E-state index in [1.54, 1.807) is 4.90 Å². The molecule has 1 N–H and O–H groups in total. The number of rotatable bonds is 7. The number of aliphatic hydroxyl groups excluding tert-OH is 1. The Kier molecular flexibility index (Phi) is 7.23. The standard InChI is InChI=1S/C28H35N5O3/c1-30-14-9-22(19-30)18-26(35)32-17-12-25-24(20-32)27(28(36)31-15-10-23(34)11-16-31)29-33(25)13-5-8-21-6-3-2-4-7-21/h2-4,6-7,9,14,19,23,34H,5,8,10-13,15-18,20H2,1H3. The van der Waals surface area contributed by atoms with Crippen molar-refractivity contribution in [1.29, 1.82) is 0 Å². The number of aromatic nitrogens is 3. The Balaban J connectivity index is 1.35. The lowest BCUT2D eigenvalue weighted by molar-refractivity contribution is -0.131. The van der Waals surface area contributed by atoms with Gasteiger partial charge in [0.2, 0.25) is 5.91 Å². The third-order valence-electron chi connectivity index (χ3n) is 7.37. The molecule has 8 heteroatoms. The van der Waals surface area contributed by atoms with E-state index in [-0.39, 0.29) is 17.9 Å². The van der Waals surface area contributed by atoms with Crippen LogP contribution in [-0.4, -0.2) is 66.8 Å². The fourth-order valence-corrected chi connectivity index (χ4v) is 5.31. The number of nitrogens with zero attached hydrogens (tertiary/aromatic N) is 5. The highest BCUT2D eigenvalue weighted by atomic mass is 16.3. The van der Waals surface area contributed by atoms with Crippen molar-refractivity contribution in [1.82, 2.24) is 24.1 Å². The number of carbonyl (C=O) groups is 2. The van der Waals surface area contributed by atoms with Crippen LogP contribution in [0.1, 0.15) is 52.1 Å². The first-order valence-corrected chi connectivity index (χ1v) is 13.0. The van der Waals surface area contributed by atoms with Gasteiger partial charge in [0.1, 0.15) is 0 Å². The Morgan fingerprint density at radius 3 is 2.53 bits per heavy atom. The van der Waals surface area contributed by atoms with Gasteiger partial charge in [-0.1, -0.05) is 30.3 Å². The summed E-state index contributed by atoms with van der Waals surface area (Å²) >= 11 is 0. The molecule has 2 aliphatic heterocycles. The number of aliphatic hydroxyl groups is 1. The van der Waals surface area contributed by atoms with Crippen LogP contribution in [0.25, 0.3) is 0 Å². The molecule has 2 aliphatic rings. The zero-order valence-electron chi connectivity index (χ0n) is 21.0. The molecular weight excluding hydrogens is 454 g/mol. The minimum atomic E-state index is -0.343. The van der Waals surface area contributed by atoms with Crippen molar-refractivity contribution < 1.29 is 14.7 Å². The van der Waals surface area contributed by atoms with Crippen LogP contribution in [0, 0.1) is 0 Å². The van der Waals surface area contributed by atoms with E-state index in [4.69, 9.17) is 5.10 Å². The summed E-state index contributed by atoms with van der Waals surface area (Å²) in [6.45, 7) is 2.85.